The number of benzene rings is 1. The van der Waals surface area contributed by atoms with Crippen LogP contribution in [0.4, 0.5) is 4.39 Å². The quantitative estimate of drug-likeness (QED) is 0.723. The van der Waals surface area contributed by atoms with Crippen LogP contribution in [0.15, 0.2) is 24.3 Å². The molecule has 2 rings (SSSR count). The minimum absolute atomic E-state index is 0.267. The molecule has 0 radical (unpaired) electrons. The van der Waals surface area contributed by atoms with Gasteiger partial charge in [0.15, 0.2) is 5.79 Å². The Hall–Kier alpha value is -0.930. The van der Waals surface area contributed by atoms with E-state index >= 15 is 0 Å². The van der Waals surface area contributed by atoms with E-state index in [1.54, 1.807) is 18.2 Å². The van der Waals surface area contributed by atoms with Gasteiger partial charge in [-0.3, -0.25) is 0 Å². The topological polar surface area (TPSA) is 18.5 Å². The zero-order valence-corrected chi connectivity index (χ0v) is 8.13. The van der Waals surface area contributed by atoms with Crippen LogP contribution < -0.4 is 0 Å². The second-order valence-corrected chi connectivity index (χ2v) is 3.28. The Morgan fingerprint density at radius 2 is 1.93 bits per heavy atom. The highest BCUT2D eigenvalue weighted by Gasteiger charge is 2.38. The Labute approximate surface area is 82.6 Å². The molecule has 1 fully saturated rings. The SMILES string of the molecule is CCC1(c2ccccc2F)OCCO1. The maximum Gasteiger partial charge on any atom is 0.197 e. The van der Waals surface area contributed by atoms with E-state index in [1.165, 1.54) is 6.07 Å². The summed E-state index contributed by atoms with van der Waals surface area (Å²) in [6.07, 6.45) is 0.619. The van der Waals surface area contributed by atoms with Crippen LogP contribution in [0.5, 0.6) is 0 Å². The molecule has 0 aliphatic carbocycles. The third-order valence-electron chi connectivity index (χ3n) is 2.50. The predicted molar refractivity (Wildman–Crippen MR) is 50.3 cm³/mol. The second-order valence-electron chi connectivity index (χ2n) is 3.28. The van der Waals surface area contributed by atoms with Crippen molar-refractivity contribution in [2.24, 2.45) is 0 Å². The molecule has 76 valence electrons. The zero-order valence-electron chi connectivity index (χ0n) is 8.13. The first-order valence-electron chi connectivity index (χ1n) is 4.81. The summed E-state index contributed by atoms with van der Waals surface area (Å²) in [4.78, 5) is 0. The fourth-order valence-corrected chi connectivity index (χ4v) is 1.77. The molecular formula is C11H13FO2. The lowest BCUT2D eigenvalue weighted by molar-refractivity contribution is -0.169. The smallest absolute Gasteiger partial charge is 0.197 e. The molecule has 0 N–H and O–H groups in total. The first-order chi connectivity index (χ1) is 6.78. The van der Waals surface area contributed by atoms with Crippen molar-refractivity contribution in [2.75, 3.05) is 13.2 Å². The minimum Gasteiger partial charge on any atom is -0.343 e. The maximum atomic E-state index is 13.5. The lowest BCUT2D eigenvalue weighted by Crippen LogP contribution is -2.27. The number of hydrogen-bond acceptors (Lipinski definition) is 2. The largest absolute Gasteiger partial charge is 0.343 e. The molecule has 1 aliphatic rings. The van der Waals surface area contributed by atoms with Crippen molar-refractivity contribution in [1.82, 2.24) is 0 Å². The van der Waals surface area contributed by atoms with Crippen LogP contribution in [0, 0.1) is 5.82 Å². The Bertz CT molecular complexity index is 319. The van der Waals surface area contributed by atoms with Gasteiger partial charge in [0, 0.05) is 12.0 Å². The van der Waals surface area contributed by atoms with Gasteiger partial charge >= 0.3 is 0 Å². The highest BCUT2D eigenvalue weighted by molar-refractivity contribution is 5.23. The molecule has 14 heavy (non-hydrogen) atoms. The summed E-state index contributed by atoms with van der Waals surface area (Å²) in [7, 11) is 0. The molecule has 0 aromatic heterocycles. The molecule has 1 heterocycles. The summed E-state index contributed by atoms with van der Waals surface area (Å²) in [5.41, 5.74) is 0.500. The molecule has 0 atom stereocenters. The Balaban J connectivity index is 2.41. The summed E-state index contributed by atoms with van der Waals surface area (Å²) < 4.78 is 24.5. The standard InChI is InChI=1S/C11H13FO2/c1-2-11(13-7-8-14-11)9-5-3-4-6-10(9)12/h3-6H,2,7-8H2,1H3. The fraction of sp³-hybridized carbons (Fsp3) is 0.455. The molecule has 3 heteroatoms. The number of rotatable bonds is 2. The Kier molecular flexibility index (Phi) is 2.52. The zero-order chi connectivity index (χ0) is 10.0. The average Bonchev–Trinajstić information content (AvgIpc) is 2.68. The second kappa shape index (κ2) is 3.67. The van der Waals surface area contributed by atoms with Crippen LogP contribution in [0.2, 0.25) is 0 Å². The number of halogens is 1. The van der Waals surface area contributed by atoms with Crippen molar-refractivity contribution in [3.05, 3.63) is 35.6 Å². The molecule has 0 spiro atoms. The van der Waals surface area contributed by atoms with Crippen molar-refractivity contribution in [1.29, 1.82) is 0 Å². The summed E-state index contributed by atoms with van der Waals surface area (Å²) in [5, 5.41) is 0. The molecule has 0 amide bonds. The van der Waals surface area contributed by atoms with Crippen molar-refractivity contribution in [2.45, 2.75) is 19.1 Å². The van der Waals surface area contributed by atoms with Crippen LogP contribution in [-0.2, 0) is 15.3 Å². The normalized spacial score (nSPS) is 19.9. The van der Waals surface area contributed by atoms with Crippen LogP contribution >= 0.6 is 0 Å². The van der Waals surface area contributed by atoms with Crippen LogP contribution in [0.1, 0.15) is 18.9 Å². The van der Waals surface area contributed by atoms with Crippen molar-refractivity contribution < 1.29 is 13.9 Å². The van der Waals surface area contributed by atoms with E-state index in [2.05, 4.69) is 0 Å². The van der Waals surface area contributed by atoms with Gasteiger partial charge in [-0.1, -0.05) is 25.1 Å². The molecule has 1 aromatic rings. The van der Waals surface area contributed by atoms with E-state index in [0.29, 0.717) is 25.2 Å². The van der Waals surface area contributed by atoms with E-state index < -0.39 is 5.79 Å². The van der Waals surface area contributed by atoms with Gasteiger partial charge in [0.2, 0.25) is 0 Å². The highest BCUT2D eigenvalue weighted by atomic mass is 19.1. The first kappa shape index (κ1) is 9.62. The third kappa shape index (κ3) is 1.42. The molecule has 0 saturated carbocycles. The molecule has 1 aromatic carbocycles. The summed E-state index contributed by atoms with van der Waals surface area (Å²) in [5.74, 6) is -1.12. The van der Waals surface area contributed by atoms with Gasteiger partial charge in [-0.05, 0) is 6.07 Å². The molecule has 2 nitrogen and oxygen atoms in total. The first-order valence-corrected chi connectivity index (χ1v) is 4.81. The molecular weight excluding hydrogens is 183 g/mol. The third-order valence-corrected chi connectivity index (χ3v) is 2.50. The van der Waals surface area contributed by atoms with Crippen molar-refractivity contribution >= 4 is 0 Å². The van der Waals surface area contributed by atoms with E-state index in [1.807, 2.05) is 6.92 Å². The molecule has 1 aliphatic heterocycles. The van der Waals surface area contributed by atoms with Gasteiger partial charge in [-0.2, -0.15) is 0 Å². The summed E-state index contributed by atoms with van der Waals surface area (Å²) >= 11 is 0. The van der Waals surface area contributed by atoms with E-state index in [4.69, 9.17) is 9.47 Å². The van der Waals surface area contributed by atoms with Gasteiger partial charge in [0.25, 0.3) is 0 Å². The van der Waals surface area contributed by atoms with E-state index in [-0.39, 0.29) is 5.82 Å². The fourth-order valence-electron chi connectivity index (χ4n) is 1.77. The lowest BCUT2D eigenvalue weighted by atomic mass is 10.0. The van der Waals surface area contributed by atoms with Gasteiger partial charge in [0.05, 0.1) is 13.2 Å². The Morgan fingerprint density at radius 3 is 2.50 bits per heavy atom. The van der Waals surface area contributed by atoms with E-state index in [0.717, 1.165) is 0 Å². The van der Waals surface area contributed by atoms with Gasteiger partial charge < -0.3 is 9.47 Å². The summed E-state index contributed by atoms with van der Waals surface area (Å²) in [6, 6.07) is 6.60. The lowest BCUT2D eigenvalue weighted by Gasteiger charge is -2.26. The molecule has 0 unspecified atom stereocenters. The van der Waals surface area contributed by atoms with Crippen molar-refractivity contribution in [3.8, 4) is 0 Å². The van der Waals surface area contributed by atoms with E-state index in [9.17, 15) is 4.39 Å². The van der Waals surface area contributed by atoms with Crippen LogP contribution in [-0.4, -0.2) is 13.2 Å². The molecule has 1 saturated heterocycles. The summed E-state index contributed by atoms with van der Waals surface area (Å²) in [6.45, 7) is 2.99. The average molecular weight is 196 g/mol. The number of ether oxygens (including phenoxy) is 2. The van der Waals surface area contributed by atoms with Gasteiger partial charge in [-0.25, -0.2) is 4.39 Å². The van der Waals surface area contributed by atoms with Gasteiger partial charge in [-0.15, -0.1) is 0 Å². The monoisotopic (exact) mass is 196 g/mol. The van der Waals surface area contributed by atoms with Crippen LogP contribution in [0.3, 0.4) is 0 Å². The number of hydrogen-bond donors (Lipinski definition) is 0. The van der Waals surface area contributed by atoms with Gasteiger partial charge in [0.1, 0.15) is 5.82 Å². The Morgan fingerprint density at radius 1 is 1.29 bits per heavy atom. The minimum atomic E-state index is -0.856. The van der Waals surface area contributed by atoms with Crippen LogP contribution in [0.25, 0.3) is 0 Å². The van der Waals surface area contributed by atoms with Crippen molar-refractivity contribution in [3.63, 3.8) is 0 Å². The molecule has 0 bridgehead atoms. The predicted octanol–water partition coefficient (Wildman–Crippen LogP) is 2.44. The highest BCUT2D eigenvalue weighted by Crippen LogP contribution is 2.35. The maximum absolute atomic E-state index is 13.5.